The van der Waals surface area contributed by atoms with Crippen molar-refractivity contribution in [1.82, 2.24) is 5.43 Å². The van der Waals surface area contributed by atoms with Gasteiger partial charge in [-0.25, -0.2) is 0 Å². The smallest absolute Gasteiger partial charge is 0.208 e. The summed E-state index contributed by atoms with van der Waals surface area (Å²) in [6.07, 6.45) is 4.49. The molecule has 0 unspecified atom stereocenters. The zero-order valence-corrected chi connectivity index (χ0v) is 7.08. The van der Waals surface area contributed by atoms with Crippen LogP contribution in [-0.4, -0.2) is 18.3 Å². The van der Waals surface area contributed by atoms with Crippen molar-refractivity contribution >= 4 is 11.8 Å². The van der Waals surface area contributed by atoms with E-state index < -0.39 is 0 Å². The minimum Gasteiger partial charge on any atom is -0.369 e. The van der Waals surface area contributed by atoms with Crippen LogP contribution < -0.4 is 16.9 Å². The van der Waals surface area contributed by atoms with Crippen LogP contribution in [0.5, 0.6) is 0 Å². The summed E-state index contributed by atoms with van der Waals surface area (Å²) in [6.45, 7) is 0.877. The molecule has 1 aliphatic heterocycles. The summed E-state index contributed by atoms with van der Waals surface area (Å²) in [5, 5.41) is 3.68. The summed E-state index contributed by atoms with van der Waals surface area (Å²) in [7, 11) is 0. The summed E-state index contributed by atoms with van der Waals surface area (Å²) >= 11 is 0. The minimum absolute atomic E-state index is 0.0435. The van der Waals surface area contributed by atoms with E-state index in [2.05, 4.69) is 15.5 Å². The lowest BCUT2D eigenvalue weighted by atomic mass is 10.2. The van der Waals surface area contributed by atoms with E-state index in [9.17, 15) is 0 Å². The van der Waals surface area contributed by atoms with E-state index in [1.54, 1.807) is 0 Å². The maximum atomic E-state index is 5.16. The van der Waals surface area contributed by atoms with Crippen molar-refractivity contribution in [2.24, 2.45) is 21.6 Å². The fourth-order valence-electron chi connectivity index (χ4n) is 1.09. The molecular formula is C7H15N5. The van der Waals surface area contributed by atoms with Crippen molar-refractivity contribution < 1.29 is 0 Å². The van der Waals surface area contributed by atoms with Crippen LogP contribution in [0.25, 0.3) is 0 Å². The maximum Gasteiger partial charge on any atom is 0.208 e. The van der Waals surface area contributed by atoms with Gasteiger partial charge < -0.3 is 11.5 Å². The maximum absolute atomic E-state index is 5.16. The summed E-state index contributed by atoms with van der Waals surface area (Å²) in [4.78, 5) is 4.28. The van der Waals surface area contributed by atoms with Crippen molar-refractivity contribution in [3.63, 3.8) is 0 Å². The van der Waals surface area contributed by atoms with Crippen LogP contribution in [0.3, 0.4) is 0 Å². The zero-order chi connectivity index (χ0) is 8.81. The van der Waals surface area contributed by atoms with Gasteiger partial charge in [-0.2, -0.15) is 0 Å². The van der Waals surface area contributed by atoms with E-state index >= 15 is 0 Å². The molecule has 0 saturated heterocycles. The fraction of sp³-hybridized carbons (Fsp3) is 0.714. The van der Waals surface area contributed by atoms with Gasteiger partial charge in [0, 0.05) is 13.0 Å². The van der Waals surface area contributed by atoms with Gasteiger partial charge in [-0.15, -0.1) is 5.10 Å². The highest BCUT2D eigenvalue weighted by Gasteiger charge is 2.01. The summed E-state index contributed by atoms with van der Waals surface area (Å²) < 4.78 is 0. The molecule has 1 aliphatic rings. The number of rotatable bonds is 1. The Morgan fingerprint density at radius 3 is 2.92 bits per heavy atom. The van der Waals surface area contributed by atoms with E-state index in [-0.39, 0.29) is 5.96 Å². The first-order valence-electron chi connectivity index (χ1n) is 4.17. The third kappa shape index (κ3) is 3.23. The van der Waals surface area contributed by atoms with Crippen LogP contribution in [0.1, 0.15) is 25.7 Å². The molecule has 12 heavy (non-hydrogen) atoms. The predicted octanol–water partition coefficient (Wildman–Crippen LogP) is -0.263. The molecule has 0 bridgehead atoms. The van der Waals surface area contributed by atoms with E-state index in [1.807, 2.05) is 0 Å². The van der Waals surface area contributed by atoms with Crippen LogP contribution in [0.15, 0.2) is 10.1 Å². The third-order valence-electron chi connectivity index (χ3n) is 1.69. The normalized spacial score (nSPS) is 17.5. The van der Waals surface area contributed by atoms with Gasteiger partial charge in [0.1, 0.15) is 5.84 Å². The van der Waals surface area contributed by atoms with Crippen molar-refractivity contribution in [3.8, 4) is 0 Å². The second-order valence-electron chi connectivity index (χ2n) is 2.79. The quantitative estimate of drug-likeness (QED) is 0.287. The molecule has 0 aliphatic carbocycles. The van der Waals surface area contributed by atoms with Gasteiger partial charge in [0.25, 0.3) is 0 Å². The topological polar surface area (TPSA) is 88.8 Å². The number of nitrogens with zero attached hydrogens (tertiary/aromatic N) is 2. The number of hydrazone groups is 1. The van der Waals surface area contributed by atoms with Crippen molar-refractivity contribution in [3.05, 3.63) is 0 Å². The molecule has 0 saturated carbocycles. The first kappa shape index (κ1) is 8.83. The molecule has 0 amide bonds. The number of hydrogen-bond acceptors (Lipinski definition) is 3. The van der Waals surface area contributed by atoms with Crippen LogP contribution in [0, 0.1) is 0 Å². The Hall–Kier alpha value is -1.26. The first-order chi connectivity index (χ1) is 5.79. The number of aliphatic imine (C=N–C) groups is 1. The SMILES string of the molecule is NC(N)=NNC1=NCCCCC1. The highest BCUT2D eigenvalue weighted by Crippen LogP contribution is 2.05. The molecule has 0 radical (unpaired) electrons. The standard InChI is InChI=1S/C7H15N5/c8-7(9)12-11-6-4-2-1-3-5-10-6/h1-5H2,(H,10,11)(H4,8,9,12). The molecule has 1 rings (SSSR count). The van der Waals surface area contributed by atoms with Gasteiger partial charge in [0.15, 0.2) is 0 Å². The molecule has 5 N–H and O–H groups in total. The zero-order valence-electron chi connectivity index (χ0n) is 7.08. The Kier molecular flexibility index (Phi) is 3.37. The van der Waals surface area contributed by atoms with Gasteiger partial charge >= 0.3 is 0 Å². The van der Waals surface area contributed by atoms with Crippen molar-refractivity contribution in [2.75, 3.05) is 6.54 Å². The number of guanidine groups is 1. The fourth-order valence-corrected chi connectivity index (χ4v) is 1.09. The summed E-state index contributed by atoms with van der Waals surface area (Å²) in [5.74, 6) is 0.933. The van der Waals surface area contributed by atoms with E-state index in [0.717, 1.165) is 31.6 Å². The average Bonchev–Trinajstić information content (AvgIpc) is 2.28. The molecule has 0 fully saturated rings. The predicted molar refractivity (Wildman–Crippen MR) is 49.7 cm³/mol. The van der Waals surface area contributed by atoms with Crippen molar-refractivity contribution in [2.45, 2.75) is 25.7 Å². The number of nitrogens with two attached hydrogens (primary N) is 2. The third-order valence-corrected chi connectivity index (χ3v) is 1.69. The molecule has 0 aromatic carbocycles. The van der Waals surface area contributed by atoms with Gasteiger partial charge in [-0.05, 0) is 12.8 Å². The van der Waals surface area contributed by atoms with Crippen LogP contribution in [-0.2, 0) is 0 Å². The molecule has 0 aromatic heterocycles. The van der Waals surface area contributed by atoms with Crippen LogP contribution >= 0.6 is 0 Å². The van der Waals surface area contributed by atoms with Crippen LogP contribution in [0.4, 0.5) is 0 Å². The Morgan fingerprint density at radius 2 is 2.17 bits per heavy atom. The van der Waals surface area contributed by atoms with Crippen LogP contribution in [0.2, 0.25) is 0 Å². The van der Waals surface area contributed by atoms with Crippen molar-refractivity contribution in [1.29, 1.82) is 0 Å². The first-order valence-corrected chi connectivity index (χ1v) is 4.17. The lowest BCUT2D eigenvalue weighted by molar-refractivity contribution is 0.729. The summed E-state index contributed by atoms with van der Waals surface area (Å²) in [6, 6.07) is 0. The monoisotopic (exact) mass is 169 g/mol. The largest absolute Gasteiger partial charge is 0.369 e. The molecule has 0 atom stereocenters. The Labute approximate surface area is 71.9 Å². The molecular weight excluding hydrogens is 154 g/mol. The number of hydrogen-bond donors (Lipinski definition) is 3. The lowest BCUT2D eigenvalue weighted by Crippen LogP contribution is -2.28. The molecule has 5 heteroatoms. The number of nitrogens with one attached hydrogen (secondary N) is 1. The van der Waals surface area contributed by atoms with Gasteiger partial charge in [0.05, 0.1) is 0 Å². The highest BCUT2D eigenvalue weighted by atomic mass is 15.3. The second kappa shape index (κ2) is 4.58. The second-order valence-corrected chi connectivity index (χ2v) is 2.79. The van der Waals surface area contributed by atoms with Gasteiger partial charge in [-0.3, -0.25) is 10.4 Å². The minimum atomic E-state index is 0.0435. The van der Waals surface area contributed by atoms with E-state index in [0.29, 0.717) is 0 Å². The molecule has 68 valence electrons. The van der Waals surface area contributed by atoms with E-state index in [4.69, 9.17) is 11.5 Å². The molecule has 5 nitrogen and oxygen atoms in total. The molecule has 0 aromatic rings. The Bertz CT molecular complexity index is 192. The van der Waals surface area contributed by atoms with E-state index in [1.165, 1.54) is 6.42 Å². The Morgan fingerprint density at radius 1 is 1.33 bits per heavy atom. The lowest BCUT2D eigenvalue weighted by Gasteiger charge is -2.01. The molecule has 1 heterocycles. The Balaban J connectivity index is 2.39. The average molecular weight is 169 g/mol. The summed E-state index contributed by atoms with van der Waals surface area (Å²) in [5.41, 5.74) is 13.1. The van der Waals surface area contributed by atoms with Gasteiger partial charge in [-0.1, -0.05) is 6.42 Å². The number of amidine groups is 1. The highest BCUT2D eigenvalue weighted by molar-refractivity contribution is 5.84. The molecule has 0 spiro atoms. The van der Waals surface area contributed by atoms with Gasteiger partial charge in [0.2, 0.25) is 5.96 Å².